The van der Waals surface area contributed by atoms with Crippen LogP contribution in [0.15, 0.2) is 54.9 Å². The third-order valence-corrected chi connectivity index (χ3v) is 3.57. The normalized spacial score (nSPS) is 12.0. The number of aromatic nitrogens is 2. The van der Waals surface area contributed by atoms with Crippen LogP contribution in [0.1, 0.15) is 15.9 Å². The third kappa shape index (κ3) is 3.37. The molecule has 6 nitrogen and oxygen atoms in total. The van der Waals surface area contributed by atoms with Crippen LogP contribution in [0.2, 0.25) is 0 Å². The van der Waals surface area contributed by atoms with Gasteiger partial charge in [0, 0.05) is 12.0 Å². The molecular formula is C17H15N3O3. The second kappa shape index (κ2) is 6.31. The van der Waals surface area contributed by atoms with E-state index in [1.807, 2.05) is 30.3 Å². The van der Waals surface area contributed by atoms with Gasteiger partial charge in [-0.3, -0.25) is 4.79 Å². The lowest BCUT2D eigenvalue weighted by molar-refractivity contribution is -0.139. The lowest BCUT2D eigenvalue weighted by Gasteiger charge is -2.14. The second-order valence-electron chi connectivity index (χ2n) is 5.19. The lowest BCUT2D eigenvalue weighted by Crippen LogP contribution is -2.42. The van der Waals surface area contributed by atoms with Crippen LogP contribution < -0.4 is 5.32 Å². The molecule has 116 valence electrons. The van der Waals surface area contributed by atoms with Crippen LogP contribution in [0.4, 0.5) is 0 Å². The first-order valence-electron chi connectivity index (χ1n) is 7.14. The molecule has 2 aromatic carbocycles. The largest absolute Gasteiger partial charge is 0.480 e. The van der Waals surface area contributed by atoms with Gasteiger partial charge in [0.05, 0.1) is 17.4 Å². The van der Waals surface area contributed by atoms with E-state index in [1.165, 1.54) is 0 Å². The molecular weight excluding hydrogens is 294 g/mol. The van der Waals surface area contributed by atoms with Crippen LogP contribution >= 0.6 is 0 Å². The molecule has 0 bridgehead atoms. The van der Waals surface area contributed by atoms with Gasteiger partial charge in [0.1, 0.15) is 6.04 Å². The van der Waals surface area contributed by atoms with Crippen molar-refractivity contribution in [2.75, 3.05) is 0 Å². The first-order chi connectivity index (χ1) is 11.1. The Kier molecular flexibility index (Phi) is 4.05. The maximum atomic E-state index is 12.3. The first-order valence-corrected chi connectivity index (χ1v) is 7.14. The number of carbonyl (C=O) groups excluding carboxylic acids is 1. The van der Waals surface area contributed by atoms with Gasteiger partial charge in [0.25, 0.3) is 5.91 Å². The molecule has 0 aliphatic rings. The smallest absolute Gasteiger partial charge is 0.326 e. The van der Waals surface area contributed by atoms with Crippen molar-refractivity contribution in [3.8, 4) is 0 Å². The van der Waals surface area contributed by atoms with Gasteiger partial charge in [-0.2, -0.15) is 0 Å². The number of carbonyl (C=O) groups is 2. The Labute approximate surface area is 132 Å². The number of nitrogens with one attached hydrogen (secondary N) is 2. The van der Waals surface area contributed by atoms with Crippen LogP contribution in [0.3, 0.4) is 0 Å². The summed E-state index contributed by atoms with van der Waals surface area (Å²) in [5.41, 5.74) is 2.72. The SMILES string of the molecule is O=C(N[C@@H](Cc1ccccc1)C(=O)O)c1ccc2nc[nH]c2c1. The summed E-state index contributed by atoms with van der Waals surface area (Å²) in [6.45, 7) is 0. The minimum absolute atomic E-state index is 0.230. The van der Waals surface area contributed by atoms with Gasteiger partial charge in [0.15, 0.2) is 0 Å². The summed E-state index contributed by atoms with van der Waals surface area (Å²) in [6.07, 6.45) is 1.77. The van der Waals surface area contributed by atoms with E-state index in [1.54, 1.807) is 24.5 Å². The van der Waals surface area contributed by atoms with Gasteiger partial charge in [-0.25, -0.2) is 9.78 Å². The highest BCUT2D eigenvalue weighted by Gasteiger charge is 2.21. The van der Waals surface area contributed by atoms with Crippen molar-refractivity contribution in [1.82, 2.24) is 15.3 Å². The number of hydrogen-bond donors (Lipinski definition) is 3. The number of imidazole rings is 1. The number of H-pyrrole nitrogens is 1. The zero-order chi connectivity index (χ0) is 16.2. The molecule has 1 amide bonds. The Morgan fingerprint density at radius 3 is 2.70 bits per heavy atom. The summed E-state index contributed by atoms with van der Waals surface area (Å²) in [7, 11) is 0. The molecule has 3 rings (SSSR count). The Morgan fingerprint density at radius 1 is 1.17 bits per heavy atom. The number of hydrogen-bond acceptors (Lipinski definition) is 3. The number of benzene rings is 2. The van der Waals surface area contributed by atoms with Crippen molar-refractivity contribution in [1.29, 1.82) is 0 Å². The molecule has 0 spiro atoms. The van der Waals surface area contributed by atoms with Crippen molar-refractivity contribution in [3.63, 3.8) is 0 Å². The van der Waals surface area contributed by atoms with E-state index in [-0.39, 0.29) is 6.42 Å². The molecule has 0 saturated heterocycles. The molecule has 0 fully saturated rings. The van der Waals surface area contributed by atoms with Crippen LogP contribution in [-0.4, -0.2) is 33.0 Å². The van der Waals surface area contributed by atoms with Crippen LogP contribution in [0.25, 0.3) is 11.0 Å². The zero-order valence-electron chi connectivity index (χ0n) is 12.2. The molecule has 0 unspecified atom stereocenters. The van der Waals surface area contributed by atoms with Crippen molar-refractivity contribution in [2.45, 2.75) is 12.5 Å². The zero-order valence-corrected chi connectivity index (χ0v) is 12.2. The van der Waals surface area contributed by atoms with Crippen LogP contribution in [0, 0.1) is 0 Å². The average molecular weight is 309 g/mol. The number of fused-ring (bicyclic) bond motifs is 1. The Morgan fingerprint density at radius 2 is 1.96 bits per heavy atom. The highest BCUT2D eigenvalue weighted by atomic mass is 16.4. The van der Waals surface area contributed by atoms with E-state index in [0.717, 1.165) is 16.6 Å². The first kappa shape index (κ1) is 14.8. The molecule has 1 atom stereocenters. The van der Waals surface area contributed by atoms with Gasteiger partial charge >= 0.3 is 5.97 Å². The Balaban J connectivity index is 1.76. The molecule has 3 N–H and O–H groups in total. The second-order valence-corrected chi connectivity index (χ2v) is 5.19. The van der Waals surface area contributed by atoms with Crippen molar-refractivity contribution in [3.05, 3.63) is 66.0 Å². The molecule has 1 aromatic heterocycles. The Hall–Kier alpha value is -3.15. The maximum Gasteiger partial charge on any atom is 0.326 e. The predicted octanol–water partition coefficient (Wildman–Crippen LogP) is 1.99. The molecule has 1 heterocycles. The fraction of sp³-hybridized carbons (Fsp3) is 0.118. The van der Waals surface area contributed by atoms with Gasteiger partial charge in [-0.05, 0) is 23.8 Å². The molecule has 3 aromatic rings. The summed E-state index contributed by atoms with van der Waals surface area (Å²) >= 11 is 0. The number of aliphatic carboxylic acids is 1. The summed E-state index contributed by atoms with van der Waals surface area (Å²) in [5, 5.41) is 11.9. The van der Waals surface area contributed by atoms with E-state index in [9.17, 15) is 14.7 Å². The van der Waals surface area contributed by atoms with E-state index < -0.39 is 17.9 Å². The topological polar surface area (TPSA) is 95.1 Å². The standard InChI is InChI=1S/C17H15N3O3/c21-16(12-6-7-13-14(9-12)19-10-18-13)20-15(17(22)23)8-11-4-2-1-3-5-11/h1-7,9-10,15H,8H2,(H,18,19)(H,20,21)(H,22,23)/t15-/m0/s1. The summed E-state index contributed by atoms with van der Waals surface area (Å²) in [6, 6.07) is 13.2. The van der Waals surface area contributed by atoms with E-state index in [4.69, 9.17) is 0 Å². The number of rotatable bonds is 5. The highest BCUT2D eigenvalue weighted by molar-refractivity contribution is 5.99. The lowest BCUT2D eigenvalue weighted by atomic mass is 10.1. The molecule has 23 heavy (non-hydrogen) atoms. The summed E-state index contributed by atoms with van der Waals surface area (Å²) < 4.78 is 0. The molecule has 0 saturated carbocycles. The third-order valence-electron chi connectivity index (χ3n) is 3.57. The Bertz CT molecular complexity index is 842. The molecule has 0 aliphatic heterocycles. The fourth-order valence-corrected chi connectivity index (χ4v) is 2.37. The molecule has 6 heteroatoms. The number of carboxylic acids is 1. The van der Waals surface area contributed by atoms with Crippen LogP contribution in [-0.2, 0) is 11.2 Å². The average Bonchev–Trinajstić information content (AvgIpc) is 3.02. The van der Waals surface area contributed by atoms with Gasteiger partial charge < -0.3 is 15.4 Å². The summed E-state index contributed by atoms with van der Waals surface area (Å²) in [4.78, 5) is 30.7. The monoisotopic (exact) mass is 309 g/mol. The number of nitrogens with zero attached hydrogens (tertiary/aromatic N) is 1. The van der Waals surface area contributed by atoms with Crippen molar-refractivity contribution >= 4 is 22.9 Å². The van der Waals surface area contributed by atoms with E-state index in [0.29, 0.717) is 5.56 Å². The quantitative estimate of drug-likeness (QED) is 0.671. The number of amides is 1. The van der Waals surface area contributed by atoms with Crippen LogP contribution in [0.5, 0.6) is 0 Å². The van der Waals surface area contributed by atoms with E-state index >= 15 is 0 Å². The maximum absolute atomic E-state index is 12.3. The van der Waals surface area contributed by atoms with Gasteiger partial charge in [-0.1, -0.05) is 30.3 Å². The fourth-order valence-electron chi connectivity index (χ4n) is 2.37. The molecule has 0 aliphatic carbocycles. The predicted molar refractivity (Wildman–Crippen MR) is 85.1 cm³/mol. The van der Waals surface area contributed by atoms with E-state index in [2.05, 4.69) is 15.3 Å². The number of carboxylic acid groups (broad SMARTS) is 1. The van der Waals surface area contributed by atoms with Gasteiger partial charge in [0.2, 0.25) is 0 Å². The number of aromatic amines is 1. The van der Waals surface area contributed by atoms with Crippen molar-refractivity contribution in [2.24, 2.45) is 0 Å². The molecule has 0 radical (unpaired) electrons. The summed E-state index contributed by atoms with van der Waals surface area (Å²) in [5.74, 6) is -1.49. The van der Waals surface area contributed by atoms with Gasteiger partial charge in [-0.15, -0.1) is 0 Å². The minimum Gasteiger partial charge on any atom is -0.480 e. The minimum atomic E-state index is -1.06. The van der Waals surface area contributed by atoms with Crippen molar-refractivity contribution < 1.29 is 14.7 Å². The highest BCUT2D eigenvalue weighted by Crippen LogP contribution is 2.12.